The molecule has 2 aliphatic heterocycles. The highest BCUT2D eigenvalue weighted by Gasteiger charge is 2.28. The van der Waals surface area contributed by atoms with Gasteiger partial charge in [0.1, 0.15) is 11.4 Å². The van der Waals surface area contributed by atoms with E-state index < -0.39 is 5.60 Å². The van der Waals surface area contributed by atoms with Gasteiger partial charge >= 0.3 is 6.09 Å². The van der Waals surface area contributed by atoms with Crippen molar-refractivity contribution in [3.63, 3.8) is 0 Å². The van der Waals surface area contributed by atoms with Gasteiger partial charge in [0.05, 0.1) is 0 Å². The Bertz CT molecular complexity index is 633. The summed E-state index contributed by atoms with van der Waals surface area (Å²) < 4.78 is 5.48. The van der Waals surface area contributed by atoms with Crippen molar-refractivity contribution in [1.82, 2.24) is 14.8 Å². The third-order valence-electron chi connectivity index (χ3n) is 5.57. The molecule has 0 saturated carbocycles. The lowest BCUT2D eigenvalue weighted by atomic mass is 10.1. The number of hydrogen-bond donors (Lipinski definition) is 0. The number of anilines is 1. The molecule has 0 spiro atoms. The molecule has 3 rings (SSSR count). The number of likely N-dealkylation sites (tertiary alicyclic amines) is 1. The van der Waals surface area contributed by atoms with Crippen LogP contribution in [0.1, 0.15) is 65.0 Å². The van der Waals surface area contributed by atoms with E-state index >= 15 is 0 Å². The highest BCUT2D eigenvalue weighted by atomic mass is 16.6. The number of pyridine rings is 1. The van der Waals surface area contributed by atoms with E-state index in [-0.39, 0.29) is 6.09 Å². The molecule has 6 nitrogen and oxygen atoms in total. The Morgan fingerprint density at radius 2 is 1.93 bits per heavy atom. The fraction of sp³-hybridized carbons (Fsp3) is 0.727. The van der Waals surface area contributed by atoms with Crippen molar-refractivity contribution in [3.05, 3.63) is 23.9 Å². The fourth-order valence-corrected chi connectivity index (χ4v) is 4.06. The second kappa shape index (κ2) is 9.12. The summed E-state index contributed by atoms with van der Waals surface area (Å²) >= 11 is 0. The summed E-state index contributed by atoms with van der Waals surface area (Å²) in [7, 11) is 0. The van der Waals surface area contributed by atoms with Crippen LogP contribution < -0.4 is 4.90 Å². The van der Waals surface area contributed by atoms with Gasteiger partial charge in [0.25, 0.3) is 0 Å². The first-order valence-corrected chi connectivity index (χ1v) is 10.8. The average molecular weight is 389 g/mol. The van der Waals surface area contributed by atoms with Crippen molar-refractivity contribution >= 4 is 11.9 Å². The molecule has 6 heteroatoms. The van der Waals surface area contributed by atoms with Crippen LogP contribution in [0.25, 0.3) is 0 Å². The maximum absolute atomic E-state index is 12.2. The van der Waals surface area contributed by atoms with E-state index in [1.54, 1.807) is 4.90 Å². The Kier molecular flexibility index (Phi) is 6.81. The third-order valence-corrected chi connectivity index (χ3v) is 5.57. The summed E-state index contributed by atoms with van der Waals surface area (Å²) in [5.74, 6) is 1.01. The molecule has 0 aromatic carbocycles. The Hall–Kier alpha value is -1.82. The maximum Gasteiger partial charge on any atom is 0.410 e. The van der Waals surface area contributed by atoms with Crippen LogP contribution in [-0.4, -0.2) is 65.7 Å². The van der Waals surface area contributed by atoms with Crippen LogP contribution >= 0.6 is 0 Å². The fourth-order valence-electron chi connectivity index (χ4n) is 4.06. The predicted octanol–water partition coefficient (Wildman–Crippen LogP) is 4.08. The van der Waals surface area contributed by atoms with Crippen molar-refractivity contribution < 1.29 is 9.53 Å². The van der Waals surface area contributed by atoms with Crippen LogP contribution in [-0.2, 0) is 4.74 Å². The molecule has 0 bridgehead atoms. The first kappa shape index (κ1) is 20.9. The zero-order chi connectivity index (χ0) is 20.1. The van der Waals surface area contributed by atoms with Crippen LogP contribution in [0.3, 0.4) is 0 Å². The van der Waals surface area contributed by atoms with E-state index in [2.05, 4.69) is 35.1 Å². The molecule has 1 atom stereocenters. The highest BCUT2D eigenvalue weighted by molar-refractivity contribution is 5.68. The van der Waals surface area contributed by atoms with Crippen molar-refractivity contribution in [2.24, 2.45) is 0 Å². The lowest BCUT2D eigenvalue weighted by Gasteiger charge is -2.36. The van der Waals surface area contributed by atoms with Crippen molar-refractivity contribution in [3.8, 4) is 0 Å². The van der Waals surface area contributed by atoms with Gasteiger partial charge in [-0.25, -0.2) is 9.78 Å². The zero-order valence-electron chi connectivity index (χ0n) is 18.0. The molecule has 0 N–H and O–H groups in total. The molecule has 1 aromatic heterocycles. The van der Waals surface area contributed by atoms with Crippen molar-refractivity contribution in [1.29, 1.82) is 0 Å². The second-order valence-electron chi connectivity index (χ2n) is 8.95. The molecule has 2 aliphatic rings. The minimum atomic E-state index is -0.448. The summed E-state index contributed by atoms with van der Waals surface area (Å²) in [5, 5.41) is 0. The first-order valence-electron chi connectivity index (χ1n) is 10.8. The number of unbranched alkanes of at least 4 members (excludes halogenated alkanes) is 1. The number of aromatic nitrogens is 1. The van der Waals surface area contributed by atoms with Gasteiger partial charge in [-0.1, -0.05) is 19.4 Å². The number of carbonyl (C=O) groups is 1. The van der Waals surface area contributed by atoms with Gasteiger partial charge in [-0.2, -0.15) is 0 Å². The number of rotatable bonds is 5. The van der Waals surface area contributed by atoms with Crippen LogP contribution in [0.15, 0.2) is 18.3 Å². The van der Waals surface area contributed by atoms with Crippen molar-refractivity contribution in [2.75, 3.05) is 44.2 Å². The van der Waals surface area contributed by atoms with Gasteiger partial charge in [0, 0.05) is 38.4 Å². The van der Waals surface area contributed by atoms with Crippen LogP contribution in [0.2, 0.25) is 0 Å². The number of carbonyl (C=O) groups excluding carboxylic acids is 1. The minimum Gasteiger partial charge on any atom is -0.444 e. The van der Waals surface area contributed by atoms with E-state index in [1.165, 1.54) is 44.3 Å². The smallest absolute Gasteiger partial charge is 0.410 e. The standard InChI is InChI=1S/C22H36N4O2/c1-5-6-11-24-12-7-8-19(24)18-9-10-20(23-17-18)25-13-15-26(16-14-25)21(27)28-22(2,3)4/h9-10,17,19H,5-8,11-16H2,1-4H3/t19-/m1/s1. The van der Waals surface area contributed by atoms with Gasteiger partial charge in [-0.15, -0.1) is 0 Å². The molecule has 3 heterocycles. The van der Waals surface area contributed by atoms with Gasteiger partial charge in [-0.3, -0.25) is 4.90 Å². The molecule has 0 radical (unpaired) electrons. The lowest BCUT2D eigenvalue weighted by molar-refractivity contribution is 0.0240. The monoisotopic (exact) mass is 388 g/mol. The Labute approximate surface area is 169 Å². The molecule has 28 heavy (non-hydrogen) atoms. The molecule has 2 fully saturated rings. The molecular formula is C22H36N4O2. The predicted molar refractivity (Wildman–Crippen MR) is 113 cm³/mol. The summed E-state index contributed by atoms with van der Waals surface area (Å²) in [6.07, 6.45) is 6.87. The Balaban J connectivity index is 1.54. The zero-order valence-corrected chi connectivity index (χ0v) is 18.0. The topological polar surface area (TPSA) is 48.9 Å². The van der Waals surface area contributed by atoms with E-state index in [9.17, 15) is 4.79 Å². The normalized spacial score (nSPS) is 21.2. The lowest BCUT2D eigenvalue weighted by Crippen LogP contribution is -2.50. The van der Waals surface area contributed by atoms with Crippen molar-refractivity contribution in [2.45, 2.75) is 65.0 Å². The average Bonchev–Trinajstić information content (AvgIpc) is 3.14. The van der Waals surface area contributed by atoms with E-state index in [4.69, 9.17) is 9.72 Å². The highest BCUT2D eigenvalue weighted by Crippen LogP contribution is 2.32. The van der Waals surface area contributed by atoms with Gasteiger partial charge < -0.3 is 14.5 Å². The molecule has 0 unspecified atom stereocenters. The van der Waals surface area contributed by atoms with Gasteiger partial charge in [0.2, 0.25) is 0 Å². The van der Waals surface area contributed by atoms with Crippen LogP contribution in [0.4, 0.5) is 10.6 Å². The van der Waals surface area contributed by atoms with Crippen LogP contribution in [0, 0.1) is 0 Å². The summed E-state index contributed by atoms with van der Waals surface area (Å²) in [6.45, 7) is 13.3. The third kappa shape index (κ3) is 5.37. The number of ether oxygens (including phenoxy) is 1. The second-order valence-corrected chi connectivity index (χ2v) is 8.95. The summed E-state index contributed by atoms with van der Waals surface area (Å²) in [6, 6.07) is 4.92. The van der Waals surface area contributed by atoms with Gasteiger partial charge in [-0.05, 0) is 64.8 Å². The van der Waals surface area contributed by atoms with E-state index in [1.807, 2.05) is 20.8 Å². The Morgan fingerprint density at radius 1 is 1.18 bits per heavy atom. The molecule has 1 amide bonds. The molecule has 2 saturated heterocycles. The summed E-state index contributed by atoms with van der Waals surface area (Å²) in [5.41, 5.74) is 0.890. The quantitative estimate of drug-likeness (QED) is 0.761. The molecule has 0 aliphatic carbocycles. The number of piperazine rings is 1. The largest absolute Gasteiger partial charge is 0.444 e. The molecular weight excluding hydrogens is 352 g/mol. The Morgan fingerprint density at radius 3 is 2.54 bits per heavy atom. The summed E-state index contributed by atoms with van der Waals surface area (Å²) in [4.78, 5) is 23.6. The minimum absolute atomic E-state index is 0.219. The number of nitrogens with zero attached hydrogens (tertiary/aromatic N) is 4. The molecule has 156 valence electrons. The molecule has 1 aromatic rings. The van der Waals surface area contributed by atoms with E-state index in [0.29, 0.717) is 19.1 Å². The van der Waals surface area contributed by atoms with E-state index in [0.717, 1.165) is 18.9 Å². The number of hydrogen-bond acceptors (Lipinski definition) is 5. The van der Waals surface area contributed by atoms with Crippen LogP contribution in [0.5, 0.6) is 0 Å². The number of amides is 1. The first-order chi connectivity index (χ1) is 13.4. The van der Waals surface area contributed by atoms with Gasteiger partial charge in [0.15, 0.2) is 0 Å². The SMILES string of the molecule is CCCCN1CCC[C@@H]1c1ccc(N2CCN(C(=O)OC(C)(C)C)CC2)nc1. The maximum atomic E-state index is 12.2.